The van der Waals surface area contributed by atoms with E-state index in [0.717, 1.165) is 55.0 Å². The van der Waals surface area contributed by atoms with Gasteiger partial charge in [-0.3, -0.25) is 4.90 Å². The van der Waals surface area contributed by atoms with Crippen molar-refractivity contribution < 1.29 is 9.53 Å². The maximum Gasteiger partial charge on any atom is 0.322 e. The minimum atomic E-state index is -0.131. The Bertz CT molecular complexity index is 784. The molecule has 1 N–H and O–H groups in total. The second kappa shape index (κ2) is 10.8. The van der Waals surface area contributed by atoms with Crippen LogP contribution in [-0.4, -0.2) is 55.2 Å². The Morgan fingerprint density at radius 2 is 1.86 bits per heavy atom. The van der Waals surface area contributed by atoms with Gasteiger partial charge in [0.05, 0.1) is 18.9 Å². The van der Waals surface area contributed by atoms with Crippen LogP contribution in [0.3, 0.4) is 0 Å². The summed E-state index contributed by atoms with van der Waals surface area (Å²) in [4.78, 5) is 17.2. The average Bonchev–Trinajstić information content (AvgIpc) is 2.71. The standard InChI is InChI=1S/C21H25BrClN3O2/c22-18-7-2-4-9-20(18)24-21(27)26(16-17-6-1-3-8-19(17)23)11-5-10-25-12-14-28-15-13-25/h1-4,6-9H,5,10-16H2,(H,24,27). The summed E-state index contributed by atoms with van der Waals surface area (Å²) in [7, 11) is 0. The van der Waals surface area contributed by atoms with Gasteiger partial charge in [-0.15, -0.1) is 0 Å². The summed E-state index contributed by atoms with van der Waals surface area (Å²) in [6.07, 6.45) is 0.897. The molecule has 0 spiro atoms. The fraction of sp³-hybridized carbons (Fsp3) is 0.381. The van der Waals surface area contributed by atoms with Crippen LogP contribution in [0.1, 0.15) is 12.0 Å². The summed E-state index contributed by atoms with van der Waals surface area (Å²) in [5.74, 6) is 0. The van der Waals surface area contributed by atoms with E-state index in [0.29, 0.717) is 18.1 Å². The number of amides is 2. The third kappa shape index (κ3) is 6.21. The number of nitrogens with one attached hydrogen (secondary N) is 1. The van der Waals surface area contributed by atoms with Gasteiger partial charge in [0.2, 0.25) is 0 Å². The average molecular weight is 467 g/mol. The molecule has 2 amide bonds. The zero-order valence-electron chi connectivity index (χ0n) is 15.7. The predicted molar refractivity (Wildman–Crippen MR) is 117 cm³/mol. The monoisotopic (exact) mass is 465 g/mol. The number of para-hydroxylation sites is 1. The van der Waals surface area contributed by atoms with Crippen LogP contribution in [0, 0.1) is 0 Å². The van der Waals surface area contributed by atoms with Gasteiger partial charge < -0.3 is 15.0 Å². The van der Waals surface area contributed by atoms with Crippen molar-refractivity contribution in [1.29, 1.82) is 0 Å². The lowest BCUT2D eigenvalue weighted by molar-refractivity contribution is 0.0365. The van der Waals surface area contributed by atoms with Crippen molar-refractivity contribution in [2.24, 2.45) is 0 Å². The van der Waals surface area contributed by atoms with Crippen LogP contribution in [0.15, 0.2) is 53.0 Å². The molecule has 0 unspecified atom stereocenters. The lowest BCUT2D eigenvalue weighted by atomic mass is 10.2. The summed E-state index contributed by atoms with van der Waals surface area (Å²) in [6.45, 7) is 5.54. The van der Waals surface area contributed by atoms with Crippen LogP contribution in [0.2, 0.25) is 5.02 Å². The Labute approximate surface area is 179 Å². The van der Waals surface area contributed by atoms with E-state index in [-0.39, 0.29) is 6.03 Å². The third-order valence-electron chi connectivity index (χ3n) is 4.73. The molecule has 0 atom stereocenters. The van der Waals surface area contributed by atoms with Crippen molar-refractivity contribution >= 4 is 39.2 Å². The fourth-order valence-electron chi connectivity index (χ4n) is 3.15. The Balaban J connectivity index is 1.65. The largest absolute Gasteiger partial charge is 0.379 e. The summed E-state index contributed by atoms with van der Waals surface area (Å²) >= 11 is 9.81. The van der Waals surface area contributed by atoms with Crippen molar-refractivity contribution in [2.45, 2.75) is 13.0 Å². The van der Waals surface area contributed by atoms with Crippen LogP contribution >= 0.6 is 27.5 Å². The van der Waals surface area contributed by atoms with Crippen LogP contribution < -0.4 is 5.32 Å². The van der Waals surface area contributed by atoms with Crippen molar-refractivity contribution in [1.82, 2.24) is 9.80 Å². The van der Waals surface area contributed by atoms with Crippen molar-refractivity contribution in [2.75, 3.05) is 44.7 Å². The number of hydrogen-bond donors (Lipinski definition) is 1. The molecule has 0 saturated carbocycles. The number of carbonyl (C=O) groups excluding carboxylic acids is 1. The van der Waals surface area contributed by atoms with E-state index >= 15 is 0 Å². The minimum Gasteiger partial charge on any atom is -0.379 e. The summed E-state index contributed by atoms with van der Waals surface area (Å²) < 4.78 is 6.26. The molecule has 3 rings (SSSR count). The van der Waals surface area contributed by atoms with E-state index in [1.165, 1.54) is 0 Å². The van der Waals surface area contributed by atoms with E-state index in [2.05, 4.69) is 26.1 Å². The number of urea groups is 1. The first-order chi connectivity index (χ1) is 13.6. The maximum absolute atomic E-state index is 13.0. The molecule has 0 aromatic heterocycles. The van der Waals surface area contributed by atoms with Gasteiger partial charge in [-0.1, -0.05) is 41.9 Å². The molecule has 28 heavy (non-hydrogen) atoms. The molecule has 1 heterocycles. The maximum atomic E-state index is 13.0. The van der Waals surface area contributed by atoms with Gasteiger partial charge >= 0.3 is 6.03 Å². The highest BCUT2D eigenvalue weighted by Gasteiger charge is 2.17. The Morgan fingerprint density at radius 1 is 1.14 bits per heavy atom. The van der Waals surface area contributed by atoms with Crippen LogP contribution in [0.4, 0.5) is 10.5 Å². The lowest BCUT2D eigenvalue weighted by Crippen LogP contribution is -2.40. The number of carbonyl (C=O) groups is 1. The quantitative estimate of drug-likeness (QED) is 0.634. The van der Waals surface area contributed by atoms with Crippen molar-refractivity contribution in [3.63, 3.8) is 0 Å². The summed E-state index contributed by atoms with van der Waals surface area (Å²) in [6, 6.07) is 15.1. The molecule has 2 aromatic rings. The first kappa shape index (κ1) is 21.1. The molecule has 0 bridgehead atoms. The molecular formula is C21H25BrClN3O2. The molecule has 1 fully saturated rings. The smallest absolute Gasteiger partial charge is 0.322 e. The Morgan fingerprint density at radius 3 is 2.61 bits per heavy atom. The van der Waals surface area contributed by atoms with Gasteiger partial charge in [0, 0.05) is 42.2 Å². The van der Waals surface area contributed by atoms with E-state index in [4.69, 9.17) is 16.3 Å². The van der Waals surface area contributed by atoms with E-state index in [1.54, 1.807) is 0 Å². The minimum absolute atomic E-state index is 0.131. The molecule has 0 radical (unpaired) electrons. The first-order valence-corrected chi connectivity index (χ1v) is 10.6. The number of hydrogen-bond acceptors (Lipinski definition) is 3. The zero-order valence-corrected chi connectivity index (χ0v) is 18.1. The van der Waals surface area contributed by atoms with Crippen LogP contribution in [0.25, 0.3) is 0 Å². The van der Waals surface area contributed by atoms with Crippen molar-refractivity contribution in [3.8, 4) is 0 Å². The predicted octanol–water partition coefficient (Wildman–Crippen LogP) is 4.86. The van der Waals surface area contributed by atoms with Gasteiger partial charge in [-0.2, -0.15) is 0 Å². The van der Waals surface area contributed by atoms with E-state index in [1.807, 2.05) is 53.4 Å². The third-order valence-corrected chi connectivity index (χ3v) is 5.79. The highest BCUT2D eigenvalue weighted by molar-refractivity contribution is 9.10. The molecule has 5 nitrogen and oxygen atoms in total. The number of rotatable bonds is 7. The second-order valence-electron chi connectivity index (χ2n) is 6.73. The van der Waals surface area contributed by atoms with Gasteiger partial charge in [0.15, 0.2) is 0 Å². The van der Waals surface area contributed by atoms with Gasteiger partial charge in [-0.05, 0) is 46.1 Å². The number of halogens is 2. The first-order valence-electron chi connectivity index (χ1n) is 9.47. The molecule has 1 saturated heterocycles. The van der Waals surface area contributed by atoms with Gasteiger partial charge in [0.25, 0.3) is 0 Å². The Kier molecular flexibility index (Phi) is 8.15. The SMILES string of the molecule is O=C(Nc1ccccc1Br)N(CCCN1CCOCC1)Cc1ccccc1Cl. The topological polar surface area (TPSA) is 44.8 Å². The molecule has 1 aliphatic rings. The fourth-order valence-corrected chi connectivity index (χ4v) is 3.73. The van der Waals surface area contributed by atoms with E-state index < -0.39 is 0 Å². The molecular weight excluding hydrogens is 442 g/mol. The normalized spacial score (nSPS) is 14.6. The molecule has 150 valence electrons. The molecule has 1 aliphatic heterocycles. The molecule has 2 aromatic carbocycles. The zero-order chi connectivity index (χ0) is 19.8. The Hall–Kier alpha value is -1.60. The van der Waals surface area contributed by atoms with E-state index in [9.17, 15) is 4.79 Å². The van der Waals surface area contributed by atoms with Crippen LogP contribution in [0.5, 0.6) is 0 Å². The molecule has 0 aliphatic carbocycles. The number of benzene rings is 2. The highest BCUT2D eigenvalue weighted by atomic mass is 79.9. The number of morpholine rings is 1. The van der Waals surface area contributed by atoms with Gasteiger partial charge in [0.1, 0.15) is 0 Å². The lowest BCUT2D eigenvalue weighted by Gasteiger charge is -2.28. The number of ether oxygens (including phenoxy) is 1. The van der Waals surface area contributed by atoms with Crippen LogP contribution in [-0.2, 0) is 11.3 Å². The summed E-state index contributed by atoms with van der Waals surface area (Å²) in [5.41, 5.74) is 1.70. The van der Waals surface area contributed by atoms with Gasteiger partial charge in [-0.25, -0.2) is 4.79 Å². The molecule has 7 heteroatoms. The summed E-state index contributed by atoms with van der Waals surface area (Å²) in [5, 5.41) is 3.68. The highest BCUT2D eigenvalue weighted by Crippen LogP contribution is 2.23. The number of nitrogens with zero attached hydrogens (tertiary/aromatic N) is 2. The van der Waals surface area contributed by atoms with Crippen molar-refractivity contribution in [3.05, 3.63) is 63.6 Å². The second-order valence-corrected chi connectivity index (χ2v) is 7.99. The number of anilines is 1.